The molecule has 0 aromatic carbocycles. The normalized spacial score (nSPS) is 20.1. The molecular formula is C11H16N4O2. The van der Waals surface area contributed by atoms with Gasteiger partial charge in [-0.2, -0.15) is 0 Å². The van der Waals surface area contributed by atoms with Crippen molar-refractivity contribution in [2.45, 2.75) is 6.04 Å². The van der Waals surface area contributed by atoms with E-state index in [-0.39, 0.29) is 11.9 Å². The number of carbonyl (C=O) groups excluding carboxylic acids is 1. The van der Waals surface area contributed by atoms with Gasteiger partial charge < -0.3 is 20.7 Å². The largest absolute Gasteiger partial charge is 0.384 e. The van der Waals surface area contributed by atoms with Crippen molar-refractivity contribution < 1.29 is 9.53 Å². The highest BCUT2D eigenvalue weighted by molar-refractivity contribution is 5.85. The van der Waals surface area contributed by atoms with E-state index in [0.29, 0.717) is 25.6 Å². The lowest BCUT2D eigenvalue weighted by atomic mass is 10.2. The van der Waals surface area contributed by atoms with Gasteiger partial charge in [0.05, 0.1) is 13.2 Å². The first kappa shape index (κ1) is 11.7. The summed E-state index contributed by atoms with van der Waals surface area (Å²) in [6, 6.07) is 3.30. The number of pyridine rings is 1. The number of nitrogen functional groups attached to an aromatic ring is 1. The number of rotatable bonds is 2. The van der Waals surface area contributed by atoms with Crippen molar-refractivity contribution in [3.8, 4) is 0 Å². The molecule has 1 unspecified atom stereocenters. The Morgan fingerprint density at radius 2 is 2.53 bits per heavy atom. The first-order valence-electron chi connectivity index (χ1n) is 5.50. The molecule has 1 atom stereocenters. The molecule has 2 rings (SSSR count). The Bertz CT molecular complexity index is 410. The molecule has 92 valence electrons. The summed E-state index contributed by atoms with van der Waals surface area (Å²) >= 11 is 0. The molecule has 6 heteroatoms. The Kier molecular flexibility index (Phi) is 3.43. The maximum absolute atomic E-state index is 11.8. The smallest absolute Gasteiger partial charge is 0.244 e. The van der Waals surface area contributed by atoms with Gasteiger partial charge in [0.1, 0.15) is 11.9 Å². The number of amides is 1. The topological polar surface area (TPSA) is 80.5 Å². The zero-order chi connectivity index (χ0) is 12.3. The lowest BCUT2D eigenvalue weighted by Gasteiger charge is -2.36. The number of aromatic nitrogens is 1. The fourth-order valence-electron chi connectivity index (χ4n) is 1.91. The molecule has 0 spiro atoms. The lowest BCUT2D eigenvalue weighted by molar-refractivity contribution is -0.124. The molecule has 1 fully saturated rings. The van der Waals surface area contributed by atoms with Gasteiger partial charge in [-0.3, -0.25) is 4.79 Å². The molecule has 0 saturated carbocycles. The molecule has 1 aliphatic rings. The average Bonchev–Trinajstić information content (AvgIpc) is 2.38. The quantitative estimate of drug-likeness (QED) is 0.731. The van der Waals surface area contributed by atoms with Crippen LogP contribution in [0, 0.1) is 0 Å². The number of morpholine rings is 1. The highest BCUT2D eigenvalue weighted by Gasteiger charge is 2.28. The van der Waals surface area contributed by atoms with Crippen LogP contribution in [0.15, 0.2) is 18.3 Å². The minimum Gasteiger partial charge on any atom is -0.384 e. The van der Waals surface area contributed by atoms with Gasteiger partial charge in [-0.15, -0.1) is 0 Å². The van der Waals surface area contributed by atoms with Gasteiger partial charge in [0.2, 0.25) is 5.91 Å². The second-order valence-electron chi connectivity index (χ2n) is 3.84. The van der Waals surface area contributed by atoms with E-state index in [1.165, 1.54) is 0 Å². The van der Waals surface area contributed by atoms with Crippen molar-refractivity contribution in [3.63, 3.8) is 0 Å². The zero-order valence-electron chi connectivity index (χ0n) is 9.72. The fraction of sp³-hybridized carbons (Fsp3) is 0.455. The van der Waals surface area contributed by atoms with Crippen LogP contribution >= 0.6 is 0 Å². The molecule has 17 heavy (non-hydrogen) atoms. The molecule has 0 aliphatic carbocycles. The monoisotopic (exact) mass is 236 g/mol. The molecule has 1 aromatic heterocycles. The highest BCUT2D eigenvalue weighted by atomic mass is 16.5. The summed E-state index contributed by atoms with van der Waals surface area (Å²) in [5.41, 5.74) is 6.55. The molecule has 1 aromatic rings. The first-order valence-corrected chi connectivity index (χ1v) is 5.50. The molecule has 2 heterocycles. The van der Waals surface area contributed by atoms with Gasteiger partial charge in [0.25, 0.3) is 0 Å². The van der Waals surface area contributed by atoms with Crippen molar-refractivity contribution >= 4 is 17.4 Å². The number of hydrogen-bond acceptors (Lipinski definition) is 5. The van der Waals surface area contributed by atoms with Crippen LogP contribution < -0.4 is 16.0 Å². The third-order valence-corrected chi connectivity index (χ3v) is 2.77. The minimum atomic E-state index is -0.310. The van der Waals surface area contributed by atoms with E-state index in [2.05, 4.69) is 10.3 Å². The molecule has 1 amide bonds. The number of nitrogens with zero attached hydrogens (tertiary/aromatic N) is 2. The van der Waals surface area contributed by atoms with Crippen LogP contribution in [0.5, 0.6) is 0 Å². The van der Waals surface area contributed by atoms with Gasteiger partial charge in [-0.25, -0.2) is 4.98 Å². The maximum atomic E-state index is 11.8. The summed E-state index contributed by atoms with van der Waals surface area (Å²) in [6.07, 6.45) is 1.64. The van der Waals surface area contributed by atoms with Gasteiger partial charge in [0.15, 0.2) is 0 Å². The van der Waals surface area contributed by atoms with Crippen LogP contribution in [-0.4, -0.2) is 43.7 Å². The van der Waals surface area contributed by atoms with Crippen molar-refractivity contribution in [3.05, 3.63) is 18.3 Å². The lowest BCUT2D eigenvalue weighted by Crippen LogP contribution is -2.53. The Morgan fingerprint density at radius 1 is 1.71 bits per heavy atom. The van der Waals surface area contributed by atoms with Crippen LogP contribution in [0.3, 0.4) is 0 Å². The Balaban J connectivity index is 2.24. The SMILES string of the molecule is CNC(=O)C1COCCN1c1ccnc(N)c1. The van der Waals surface area contributed by atoms with Crippen LogP contribution in [0.1, 0.15) is 0 Å². The second-order valence-corrected chi connectivity index (χ2v) is 3.84. The molecular weight excluding hydrogens is 220 g/mol. The summed E-state index contributed by atoms with van der Waals surface area (Å²) in [7, 11) is 1.62. The maximum Gasteiger partial charge on any atom is 0.244 e. The Labute approximate surface area is 99.8 Å². The van der Waals surface area contributed by atoms with E-state index in [9.17, 15) is 4.79 Å². The molecule has 1 aliphatic heterocycles. The van der Waals surface area contributed by atoms with E-state index in [0.717, 1.165) is 5.69 Å². The molecule has 3 N–H and O–H groups in total. The van der Waals surface area contributed by atoms with Crippen LogP contribution in [-0.2, 0) is 9.53 Å². The summed E-state index contributed by atoms with van der Waals surface area (Å²) in [6.45, 7) is 1.67. The number of anilines is 2. The van der Waals surface area contributed by atoms with E-state index in [1.54, 1.807) is 19.3 Å². The van der Waals surface area contributed by atoms with Gasteiger partial charge in [-0.1, -0.05) is 0 Å². The molecule has 1 saturated heterocycles. The number of nitrogens with one attached hydrogen (secondary N) is 1. The van der Waals surface area contributed by atoms with Crippen LogP contribution in [0.2, 0.25) is 0 Å². The fourth-order valence-corrected chi connectivity index (χ4v) is 1.91. The van der Waals surface area contributed by atoms with Crippen molar-refractivity contribution in [1.82, 2.24) is 10.3 Å². The predicted octanol–water partition coefficient (Wildman–Crippen LogP) is -0.385. The van der Waals surface area contributed by atoms with E-state index >= 15 is 0 Å². The number of likely N-dealkylation sites (N-methyl/N-ethyl adjacent to an activating group) is 1. The molecule has 0 bridgehead atoms. The van der Waals surface area contributed by atoms with Crippen molar-refractivity contribution in [2.75, 3.05) is 37.4 Å². The van der Waals surface area contributed by atoms with Gasteiger partial charge in [0, 0.05) is 31.5 Å². The number of ether oxygens (including phenoxy) is 1. The zero-order valence-corrected chi connectivity index (χ0v) is 9.72. The Hall–Kier alpha value is -1.82. The van der Waals surface area contributed by atoms with Crippen molar-refractivity contribution in [2.24, 2.45) is 0 Å². The van der Waals surface area contributed by atoms with E-state index in [1.807, 2.05) is 11.0 Å². The van der Waals surface area contributed by atoms with Crippen LogP contribution in [0.4, 0.5) is 11.5 Å². The highest BCUT2D eigenvalue weighted by Crippen LogP contribution is 2.20. The van der Waals surface area contributed by atoms with E-state index < -0.39 is 0 Å². The first-order chi connectivity index (χ1) is 8.22. The average molecular weight is 236 g/mol. The van der Waals surface area contributed by atoms with Crippen molar-refractivity contribution in [1.29, 1.82) is 0 Å². The Morgan fingerprint density at radius 3 is 3.24 bits per heavy atom. The standard InChI is InChI=1S/C11H16N4O2/c1-13-11(16)9-7-17-5-4-15(9)8-2-3-14-10(12)6-8/h2-3,6,9H,4-5,7H2,1H3,(H2,12,14)(H,13,16). The van der Waals surface area contributed by atoms with Crippen LogP contribution in [0.25, 0.3) is 0 Å². The van der Waals surface area contributed by atoms with Gasteiger partial charge >= 0.3 is 0 Å². The minimum absolute atomic E-state index is 0.0555. The van der Waals surface area contributed by atoms with E-state index in [4.69, 9.17) is 10.5 Å². The third-order valence-electron chi connectivity index (χ3n) is 2.77. The second kappa shape index (κ2) is 5.01. The summed E-state index contributed by atoms with van der Waals surface area (Å²) in [5, 5.41) is 2.64. The predicted molar refractivity (Wildman–Crippen MR) is 64.7 cm³/mol. The number of hydrogen-bond donors (Lipinski definition) is 2. The van der Waals surface area contributed by atoms with Gasteiger partial charge in [-0.05, 0) is 6.07 Å². The number of carbonyl (C=O) groups is 1. The summed E-state index contributed by atoms with van der Waals surface area (Å²) in [5.74, 6) is 0.393. The molecule has 6 nitrogen and oxygen atoms in total. The summed E-state index contributed by atoms with van der Waals surface area (Å²) in [4.78, 5) is 17.7. The summed E-state index contributed by atoms with van der Waals surface area (Å²) < 4.78 is 5.34. The number of nitrogens with two attached hydrogens (primary N) is 1. The third kappa shape index (κ3) is 2.47. The molecule has 0 radical (unpaired) electrons.